The quantitative estimate of drug-likeness (QED) is 0.635. The van der Waals surface area contributed by atoms with Gasteiger partial charge in [-0.25, -0.2) is 0 Å². The monoisotopic (exact) mass is 239 g/mol. The first kappa shape index (κ1) is 12.4. The van der Waals surface area contributed by atoms with Gasteiger partial charge in [0.1, 0.15) is 5.54 Å². The molecule has 1 unspecified atom stereocenters. The van der Waals surface area contributed by atoms with Crippen LogP contribution in [-0.4, -0.2) is 30.4 Å². The van der Waals surface area contributed by atoms with Gasteiger partial charge in [-0.1, -0.05) is 0 Å². The summed E-state index contributed by atoms with van der Waals surface area (Å²) in [7, 11) is 0. The Balaban J connectivity index is 1.93. The van der Waals surface area contributed by atoms with Crippen LogP contribution in [0.5, 0.6) is 0 Å². The molecule has 1 saturated heterocycles. The van der Waals surface area contributed by atoms with Crippen LogP contribution in [0.4, 0.5) is 0 Å². The maximum atomic E-state index is 12.1. The van der Waals surface area contributed by atoms with Crippen LogP contribution in [0.2, 0.25) is 0 Å². The highest BCUT2D eigenvalue weighted by molar-refractivity contribution is 5.91. The normalized spacial score (nSPS) is 26.6. The average molecular weight is 239 g/mol. The molecule has 1 saturated carbocycles. The summed E-state index contributed by atoms with van der Waals surface area (Å²) < 4.78 is 0. The Morgan fingerprint density at radius 2 is 1.94 bits per heavy atom. The van der Waals surface area contributed by atoms with E-state index >= 15 is 0 Å². The van der Waals surface area contributed by atoms with Crippen LogP contribution in [0.1, 0.15) is 33.1 Å². The second-order valence-corrected chi connectivity index (χ2v) is 5.85. The van der Waals surface area contributed by atoms with E-state index in [-0.39, 0.29) is 17.2 Å². The highest BCUT2D eigenvalue weighted by Crippen LogP contribution is 2.58. The summed E-state index contributed by atoms with van der Waals surface area (Å²) in [5, 5.41) is 6.06. The summed E-state index contributed by atoms with van der Waals surface area (Å²) in [5.41, 5.74) is 4.49. The van der Waals surface area contributed by atoms with Gasteiger partial charge in [-0.15, -0.1) is 0 Å². The number of hydrogen-bond acceptors (Lipinski definition) is 3. The van der Waals surface area contributed by atoms with Crippen molar-refractivity contribution < 1.29 is 9.59 Å². The molecule has 0 radical (unpaired) electrons. The van der Waals surface area contributed by atoms with Crippen molar-refractivity contribution in [3.63, 3.8) is 0 Å². The van der Waals surface area contributed by atoms with E-state index in [1.54, 1.807) is 13.8 Å². The van der Waals surface area contributed by atoms with Crippen LogP contribution in [0.25, 0.3) is 0 Å². The molecule has 2 aliphatic rings. The van der Waals surface area contributed by atoms with Crippen molar-refractivity contribution in [1.82, 2.24) is 10.6 Å². The van der Waals surface area contributed by atoms with E-state index in [4.69, 9.17) is 5.73 Å². The van der Waals surface area contributed by atoms with Gasteiger partial charge in [0.2, 0.25) is 11.8 Å². The Morgan fingerprint density at radius 3 is 2.47 bits per heavy atom. The summed E-state index contributed by atoms with van der Waals surface area (Å²) in [6, 6.07) is 0. The molecule has 96 valence electrons. The summed E-state index contributed by atoms with van der Waals surface area (Å²) >= 11 is 0. The number of carbonyl (C=O) groups is 2. The van der Waals surface area contributed by atoms with Crippen LogP contribution in [0, 0.1) is 11.3 Å². The van der Waals surface area contributed by atoms with Crippen LogP contribution in [0.15, 0.2) is 0 Å². The highest BCUT2D eigenvalue weighted by Gasteiger charge is 2.58. The number of primary amides is 1. The fourth-order valence-corrected chi connectivity index (χ4v) is 2.65. The fraction of sp³-hybridized carbons (Fsp3) is 0.833. The van der Waals surface area contributed by atoms with Crippen molar-refractivity contribution in [2.75, 3.05) is 13.1 Å². The van der Waals surface area contributed by atoms with E-state index in [1.807, 2.05) is 0 Å². The van der Waals surface area contributed by atoms with Gasteiger partial charge in [0, 0.05) is 5.92 Å². The third-order valence-corrected chi connectivity index (χ3v) is 4.16. The number of nitrogens with two attached hydrogens (primary N) is 1. The lowest BCUT2D eigenvalue weighted by Crippen LogP contribution is -2.53. The van der Waals surface area contributed by atoms with Gasteiger partial charge in [-0.05, 0) is 51.6 Å². The molecule has 1 aliphatic carbocycles. The van der Waals surface area contributed by atoms with E-state index in [0.29, 0.717) is 0 Å². The van der Waals surface area contributed by atoms with Crippen molar-refractivity contribution in [2.24, 2.45) is 17.1 Å². The minimum Gasteiger partial charge on any atom is -0.368 e. The molecule has 1 aliphatic heterocycles. The van der Waals surface area contributed by atoms with E-state index in [1.165, 1.54) is 0 Å². The molecule has 0 bridgehead atoms. The maximum Gasteiger partial charge on any atom is 0.242 e. The van der Waals surface area contributed by atoms with Crippen molar-refractivity contribution >= 4 is 11.8 Å². The minimum atomic E-state index is -0.951. The molecule has 4 N–H and O–H groups in total. The highest BCUT2D eigenvalue weighted by atomic mass is 16.2. The molecule has 2 amide bonds. The first-order chi connectivity index (χ1) is 7.87. The lowest BCUT2D eigenvalue weighted by molar-refractivity contribution is -0.131. The summed E-state index contributed by atoms with van der Waals surface area (Å²) in [6.45, 7) is 5.27. The van der Waals surface area contributed by atoms with Crippen molar-refractivity contribution in [3.8, 4) is 0 Å². The predicted octanol–water partition coefficient (Wildman–Crippen LogP) is -0.244. The maximum absolute atomic E-state index is 12.1. The third-order valence-electron chi connectivity index (χ3n) is 4.16. The second-order valence-electron chi connectivity index (χ2n) is 5.85. The molecular formula is C12H21N3O2. The van der Waals surface area contributed by atoms with Gasteiger partial charge < -0.3 is 16.4 Å². The van der Waals surface area contributed by atoms with Crippen molar-refractivity contribution in [2.45, 2.75) is 38.6 Å². The van der Waals surface area contributed by atoms with Crippen molar-refractivity contribution in [1.29, 1.82) is 0 Å². The van der Waals surface area contributed by atoms with E-state index in [0.717, 1.165) is 32.4 Å². The standard InChI is InChI=1S/C12H21N3O2/c1-11(2,10(13)17)15-9(16)8-7-12(8)3-5-14-6-4-12/h8,14H,3-7H2,1-2H3,(H2,13,17)(H,15,16). The largest absolute Gasteiger partial charge is 0.368 e. The number of amides is 2. The molecular weight excluding hydrogens is 218 g/mol. The summed E-state index contributed by atoms with van der Waals surface area (Å²) in [4.78, 5) is 23.2. The smallest absolute Gasteiger partial charge is 0.242 e. The minimum absolute atomic E-state index is 0.0179. The molecule has 0 aromatic heterocycles. The van der Waals surface area contributed by atoms with E-state index in [9.17, 15) is 9.59 Å². The summed E-state index contributed by atoms with van der Waals surface area (Å²) in [6.07, 6.45) is 3.07. The molecule has 1 spiro atoms. The van der Waals surface area contributed by atoms with Crippen LogP contribution in [-0.2, 0) is 9.59 Å². The Labute approximate surface area is 102 Å². The van der Waals surface area contributed by atoms with Crippen molar-refractivity contribution in [3.05, 3.63) is 0 Å². The lowest BCUT2D eigenvalue weighted by Gasteiger charge is -2.26. The van der Waals surface area contributed by atoms with Gasteiger partial charge >= 0.3 is 0 Å². The zero-order valence-corrected chi connectivity index (χ0v) is 10.5. The first-order valence-electron chi connectivity index (χ1n) is 6.20. The Morgan fingerprint density at radius 1 is 1.35 bits per heavy atom. The Hall–Kier alpha value is -1.10. The van der Waals surface area contributed by atoms with Gasteiger partial charge in [0.25, 0.3) is 0 Å². The third kappa shape index (κ3) is 2.29. The second kappa shape index (κ2) is 3.98. The Kier molecular flexibility index (Phi) is 2.89. The average Bonchev–Trinajstić information content (AvgIpc) is 2.92. The van der Waals surface area contributed by atoms with Gasteiger partial charge in [0.05, 0.1) is 0 Å². The zero-order valence-electron chi connectivity index (χ0n) is 10.5. The molecule has 5 nitrogen and oxygen atoms in total. The predicted molar refractivity (Wildman–Crippen MR) is 64.1 cm³/mol. The van der Waals surface area contributed by atoms with Crippen LogP contribution < -0.4 is 16.4 Å². The number of rotatable bonds is 3. The van der Waals surface area contributed by atoms with E-state index in [2.05, 4.69) is 10.6 Å². The molecule has 1 atom stereocenters. The molecule has 2 rings (SSSR count). The SMILES string of the molecule is CC(C)(NC(=O)C1CC12CCNCC2)C(N)=O. The number of piperidine rings is 1. The molecule has 17 heavy (non-hydrogen) atoms. The van der Waals surface area contributed by atoms with Crippen LogP contribution >= 0.6 is 0 Å². The number of hydrogen-bond donors (Lipinski definition) is 3. The molecule has 5 heteroatoms. The van der Waals surface area contributed by atoms with Gasteiger partial charge in [0.15, 0.2) is 0 Å². The van der Waals surface area contributed by atoms with E-state index < -0.39 is 11.4 Å². The molecule has 0 aromatic carbocycles. The topological polar surface area (TPSA) is 84.2 Å². The zero-order chi connectivity index (χ0) is 12.7. The van der Waals surface area contributed by atoms with Crippen LogP contribution in [0.3, 0.4) is 0 Å². The fourth-order valence-electron chi connectivity index (χ4n) is 2.65. The lowest BCUT2D eigenvalue weighted by atomic mass is 9.91. The first-order valence-corrected chi connectivity index (χ1v) is 6.20. The number of carbonyl (C=O) groups excluding carboxylic acids is 2. The molecule has 0 aromatic rings. The Bertz CT molecular complexity index is 346. The number of nitrogens with one attached hydrogen (secondary N) is 2. The van der Waals surface area contributed by atoms with Gasteiger partial charge in [-0.2, -0.15) is 0 Å². The molecule has 2 fully saturated rings. The van der Waals surface area contributed by atoms with Gasteiger partial charge in [-0.3, -0.25) is 9.59 Å². The molecule has 1 heterocycles. The summed E-state index contributed by atoms with van der Waals surface area (Å²) in [5.74, 6) is -0.440.